The first-order valence-corrected chi connectivity index (χ1v) is 3.12. The third-order valence-corrected chi connectivity index (χ3v) is 1.11. The molecule has 62 valence electrons. The molecule has 1 atom stereocenters. The fraction of sp³-hybridized carbons (Fsp3) is 0.714. The largest absolute Gasteiger partial charge is 0.308 e. The summed E-state index contributed by atoms with van der Waals surface area (Å²) in [7, 11) is 3.78. The van der Waals surface area contributed by atoms with Crippen molar-refractivity contribution in [2.24, 2.45) is 5.92 Å². The Morgan fingerprint density at radius 3 is 2.18 bits per heavy atom. The molecule has 0 aromatic carbocycles. The van der Waals surface area contributed by atoms with Gasteiger partial charge in [0, 0.05) is 6.54 Å². The molecule has 0 aliphatic heterocycles. The van der Waals surface area contributed by atoms with Gasteiger partial charge in [0.1, 0.15) is 0 Å². The van der Waals surface area contributed by atoms with Gasteiger partial charge in [0.25, 0.3) is 0 Å². The highest BCUT2D eigenvalue weighted by atomic mass is 79.9. The highest BCUT2D eigenvalue weighted by Crippen LogP contribution is 2.00. The number of hydrogen-bond donors (Lipinski definition) is 0. The van der Waals surface area contributed by atoms with Gasteiger partial charge >= 0.3 is 0 Å². The predicted octanol–water partition coefficient (Wildman–Crippen LogP) is 1.18. The second-order valence-electron chi connectivity index (χ2n) is 2.45. The van der Waals surface area contributed by atoms with Gasteiger partial charge in [-0.05, 0) is 14.1 Å². The Balaban J connectivity index is 0. The molecule has 0 aliphatic carbocycles. The smallest absolute Gasteiger partial charge is 0.0720 e. The van der Waals surface area contributed by atoms with Gasteiger partial charge in [-0.25, -0.2) is 0 Å². The Labute approximate surface area is 78.0 Å². The van der Waals surface area contributed by atoms with Crippen molar-refractivity contribution < 1.29 is 0 Å². The van der Waals surface area contributed by atoms with Gasteiger partial charge in [-0.15, -0.1) is 17.0 Å². The summed E-state index contributed by atoms with van der Waals surface area (Å²) in [5, 5.41) is 16.7. The maximum absolute atomic E-state index is 8.48. The van der Waals surface area contributed by atoms with Crippen LogP contribution in [0.1, 0.15) is 6.42 Å². The van der Waals surface area contributed by atoms with Crippen molar-refractivity contribution in [3.8, 4) is 12.1 Å². The van der Waals surface area contributed by atoms with Crippen molar-refractivity contribution in [1.29, 1.82) is 10.5 Å². The van der Waals surface area contributed by atoms with Crippen molar-refractivity contribution in [3.63, 3.8) is 0 Å². The third kappa shape index (κ3) is 7.32. The van der Waals surface area contributed by atoms with Crippen LogP contribution < -0.4 is 0 Å². The van der Waals surface area contributed by atoms with E-state index in [1.807, 2.05) is 25.1 Å². The number of nitrogens with zero attached hydrogens (tertiary/aromatic N) is 3. The summed E-state index contributed by atoms with van der Waals surface area (Å²) in [6.45, 7) is 0.671. The van der Waals surface area contributed by atoms with Gasteiger partial charge in [-0.2, -0.15) is 10.5 Å². The lowest BCUT2D eigenvalue weighted by atomic mass is 10.1. The molecule has 4 heteroatoms. The molecule has 0 amide bonds. The number of rotatable bonds is 3. The van der Waals surface area contributed by atoms with Gasteiger partial charge in [0.05, 0.1) is 24.5 Å². The van der Waals surface area contributed by atoms with Crippen molar-refractivity contribution in [3.05, 3.63) is 0 Å². The second-order valence-corrected chi connectivity index (χ2v) is 2.45. The topological polar surface area (TPSA) is 50.8 Å². The Kier molecular flexibility index (Phi) is 8.92. The molecule has 0 aromatic rings. The summed E-state index contributed by atoms with van der Waals surface area (Å²) in [6, 6.07) is 4.05. The van der Waals surface area contributed by atoms with Crippen molar-refractivity contribution in [2.75, 3.05) is 20.6 Å². The van der Waals surface area contributed by atoms with E-state index in [4.69, 9.17) is 10.5 Å². The molecule has 11 heavy (non-hydrogen) atoms. The number of nitriles is 2. The van der Waals surface area contributed by atoms with Crippen LogP contribution in [0.4, 0.5) is 0 Å². The van der Waals surface area contributed by atoms with Crippen LogP contribution in [0.25, 0.3) is 0 Å². The Morgan fingerprint density at radius 2 is 1.91 bits per heavy atom. The van der Waals surface area contributed by atoms with Gasteiger partial charge in [-0.3, -0.25) is 0 Å². The minimum absolute atomic E-state index is 0. The van der Waals surface area contributed by atoms with E-state index in [0.717, 1.165) is 0 Å². The molecule has 0 saturated carbocycles. The molecule has 0 N–H and O–H groups in total. The molecule has 0 fully saturated rings. The first kappa shape index (κ1) is 13.0. The SMILES string of the molecule is Br.CN(C)CC(C#N)CC#N. The lowest BCUT2D eigenvalue weighted by Crippen LogP contribution is -2.20. The Bertz CT molecular complexity index is 166. The molecule has 0 saturated heterocycles. The zero-order valence-corrected chi connectivity index (χ0v) is 8.45. The summed E-state index contributed by atoms with van der Waals surface area (Å²) in [5.74, 6) is -0.139. The molecular formula is C7H12BrN3. The van der Waals surface area contributed by atoms with Crippen LogP contribution in [0.5, 0.6) is 0 Å². The van der Waals surface area contributed by atoms with Crippen molar-refractivity contribution in [2.45, 2.75) is 6.42 Å². The normalized spacial score (nSPS) is 11.0. The average molecular weight is 218 g/mol. The van der Waals surface area contributed by atoms with E-state index < -0.39 is 0 Å². The lowest BCUT2D eigenvalue weighted by molar-refractivity contribution is 0.365. The third-order valence-electron chi connectivity index (χ3n) is 1.11. The molecular weight excluding hydrogens is 206 g/mol. The monoisotopic (exact) mass is 217 g/mol. The van der Waals surface area contributed by atoms with E-state index in [1.165, 1.54) is 0 Å². The van der Waals surface area contributed by atoms with Crippen molar-refractivity contribution in [1.82, 2.24) is 4.90 Å². The summed E-state index contributed by atoms with van der Waals surface area (Å²) in [5.41, 5.74) is 0. The summed E-state index contributed by atoms with van der Waals surface area (Å²) in [6.07, 6.45) is 0.328. The van der Waals surface area contributed by atoms with Gasteiger partial charge in [0.2, 0.25) is 0 Å². The maximum atomic E-state index is 8.48. The maximum Gasteiger partial charge on any atom is 0.0720 e. The lowest BCUT2D eigenvalue weighted by Gasteiger charge is -2.10. The Morgan fingerprint density at radius 1 is 1.36 bits per heavy atom. The summed E-state index contributed by atoms with van der Waals surface area (Å²) < 4.78 is 0. The van der Waals surface area contributed by atoms with Gasteiger partial charge in [-0.1, -0.05) is 0 Å². The molecule has 0 spiro atoms. The van der Waals surface area contributed by atoms with Crippen molar-refractivity contribution >= 4 is 17.0 Å². The first-order valence-electron chi connectivity index (χ1n) is 3.12. The standard InChI is InChI=1S/C7H11N3.BrH/c1-10(2)6-7(5-9)3-4-8;/h7H,3,6H2,1-2H3;1H. The van der Waals surface area contributed by atoms with Crippen LogP contribution in [-0.2, 0) is 0 Å². The van der Waals surface area contributed by atoms with Gasteiger partial charge < -0.3 is 4.90 Å². The highest BCUT2D eigenvalue weighted by Gasteiger charge is 2.06. The molecule has 0 aliphatic rings. The molecule has 0 rings (SSSR count). The molecule has 0 radical (unpaired) electrons. The van der Waals surface area contributed by atoms with Gasteiger partial charge in [0.15, 0.2) is 0 Å². The van der Waals surface area contributed by atoms with E-state index in [0.29, 0.717) is 13.0 Å². The average Bonchev–Trinajstić information content (AvgIpc) is 1.86. The molecule has 3 nitrogen and oxygen atoms in total. The first-order chi connectivity index (χ1) is 4.70. The molecule has 1 unspecified atom stereocenters. The summed E-state index contributed by atoms with van der Waals surface area (Å²) in [4.78, 5) is 1.91. The number of halogens is 1. The second kappa shape index (κ2) is 7.53. The van der Waals surface area contributed by atoms with Crippen LogP contribution >= 0.6 is 17.0 Å². The Hall–Kier alpha value is -0.580. The molecule has 0 aromatic heterocycles. The predicted molar refractivity (Wildman–Crippen MR) is 48.2 cm³/mol. The van der Waals surface area contributed by atoms with E-state index in [-0.39, 0.29) is 22.9 Å². The molecule has 0 heterocycles. The van der Waals surface area contributed by atoms with E-state index in [1.54, 1.807) is 0 Å². The fourth-order valence-electron chi connectivity index (χ4n) is 0.702. The van der Waals surface area contributed by atoms with Crippen LogP contribution in [0.2, 0.25) is 0 Å². The minimum atomic E-state index is -0.139. The van der Waals surface area contributed by atoms with Crippen LogP contribution in [-0.4, -0.2) is 25.5 Å². The van der Waals surface area contributed by atoms with Crippen LogP contribution in [0.3, 0.4) is 0 Å². The van der Waals surface area contributed by atoms with Crippen LogP contribution in [0.15, 0.2) is 0 Å². The number of hydrogen-bond acceptors (Lipinski definition) is 3. The van der Waals surface area contributed by atoms with E-state index in [2.05, 4.69) is 6.07 Å². The van der Waals surface area contributed by atoms with E-state index >= 15 is 0 Å². The van der Waals surface area contributed by atoms with Crippen LogP contribution in [0, 0.1) is 28.6 Å². The summed E-state index contributed by atoms with van der Waals surface area (Å²) >= 11 is 0. The van der Waals surface area contributed by atoms with E-state index in [9.17, 15) is 0 Å². The fourth-order valence-corrected chi connectivity index (χ4v) is 0.702. The zero-order chi connectivity index (χ0) is 7.98. The highest BCUT2D eigenvalue weighted by molar-refractivity contribution is 8.93. The minimum Gasteiger partial charge on any atom is -0.308 e. The zero-order valence-electron chi connectivity index (χ0n) is 6.74. The molecule has 0 bridgehead atoms. The quantitative estimate of drug-likeness (QED) is 0.714.